The van der Waals surface area contributed by atoms with E-state index in [1.807, 2.05) is 0 Å². The lowest BCUT2D eigenvalue weighted by atomic mass is 10.0. The lowest BCUT2D eigenvalue weighted by Crippen LogP contribution is -2.18. The monoisotopic (exact) mass is 371 g/mol. The highest BCUT2D eigenvalue weighted by Crippen LogP contribution is 2.30. The lowest BCUT2D eigenvalue weighted by Gasteiger charge is -2.15. The van der Waals surface area contributed by atoms with E-state index in [2.05, 4.69) is 20.3 Å². The zero-order valence-corrected chi connectivity index (χ0v) is 15.0. The number of halogens is 3. The first-order valence-electron chi connectivity index (χ1n) is 8.18. The van der Waals surface area contributed by atoms with E-state index >= 15 is 0 Å². The van der Waals surface area contributed by atoms with E-state index in [4.69, 9.17) is 0 Å². The first-order chi connectivity index (χ1) is 11.8. The van der Waals surface area contributed by atoms with Crippen molar-refractivity contribution in [2.75, 3.05) is 30.9 Å². The normalized spacial score (nSPS) is 14.3. The fourth-order valence-corrected chi connectivity index (χ4v) is 3.84. The van der Waals surface area contributed by atoms with Crippen LogP contribution in [0.5, 0.6) is 0 Å². The summed E-state index contributed by atoms with van der Waals surface area (Å²) in [7, 11) is 3.29. The third kappa shape index (κ3) is 4.39. The van der Waals surface area contributed by atoms with Gasteiger partial charge >= 0.3 is 6.18 Å². The number of alkyl halides is 3. The van der Waals surface area contributed by atoms with Crippen molar-refractivity contribution in [1.29, 1.82) is 0 Å². The molecular formula is C16H20F3N5S. The van der Waals surface area contributed by atoms with E-state index in [0.29, 0.717) is 13.0 Å². The van der Waals surface area contributed by atoms with Gasteiger partial charge in [-0.05, 0) is 25.7 Å². The molecule has 0 unspecified atom stereocenters. The van der Waals surface area contributed by atoms with Crippen LogP contribution in [-0.2, 0) is 25.4 Å². The first-order valence-corrected chi connectivity index (χ1v) is 8.99. The van der Waals surface area contributed by atoms with E-state index in [-0.39, 0.29) is 11.8 Å². The summed E-state index contributed by atoms with van der Waals surface area (Å²) < 4.78 is 39.0. The molecule has 0 radical (unpaired) electrons. The maximum absolute atomic E-state index is 13.0. The number of hydrogen-bond acceptors (Lipinski definition) is 6. The van der Waals surface area contributed by atoms with Crippen LogP contribution in [0.15, 0.2) is 6.07 Å². The topological polar surface area (TPSA) is 53.9 Å². The Bertz CT molecular complexity index is 718. The van der Waals surface area contributed by atoms with Gasteiger partial charge in [-0.3, -0.25) is 0 Å². The van der Waals surface area contributed by atoms with Crippen molar-refractivity contribution < 1.29 is 13.2 Å². The number of fused-ring (bicyclic) bond motifs is 1. The van der Waals surface area contributed by atoms with Crippen LogP contribution in [0.1, 0.15) is 34.1 Å². The maximum Gasteiger partial charge on any atom is 0.433 e. The highest BCUT2D eigenvalue weighted by atomic mass is 32.1. The first kappa shape index (κ1) is 17.9. The van der Waals surface area contributed by atoms with E-state index in [1.54, 1.807) is 25.4 Å². The Kier molecular flexibility index (Phi) is 5.12. The third-order valence-electron chi connectivity index (χ3n) is 3.97. The third-order valence-corrected chi connectivity index (χ3v) is 5.19. The molecule has 2 heterocycles. The molecule has 1 N–H and O–H groups in total. The molecule has 1 aliphatic carbocycles. The Morgan fingerprint density at radius 3 is 2.60 bits per heavy atom. The summed E-state index contributed by atoms with van der Waals surface area (Å²) in [6.07, 6.45) is 0.650. The number of anilines is 2. The van der Waals surface area contributed by atoms with Crippen molar-refractivity contribution >= 4 is 23.1 Å². The Morgan fingerprint density at radius 2 is 1.92 bits per heavy atom. The molecule has 136 valence electrons. The SMILES string of the molecule is CN(C)c1cc(C(F)(F)F)nc(NCCc2nc3c(s2)CCCC3)n1. The summed E-state index contributed by atoms with van der Waals surface area (Å²) >= 11 is 1.71. The second kappa shape index (κ2) is 7.15. The van der Waals surface area contributed by atoms with Gasteiger partial charge in [0.25, 0.3) is 0 Å². The second-order valence-electron chi connectivity index (χ2n) is 6.19. The van der Waals surface area contributed by atoms with Gasteiger partial charge in [0, 0.05) is 38.0 Å². The smallest absolute Gasteiger partial charge is 0.363 e. The average molecular weight is 371 g/mol. The zero-order valence-electron chi connectivity index (χ0n) is 14.2. The minimum atomic E-state index is -4.50. The Labute approximate surface area is 148 Å². The summed E-state index contributed by atoms with van der Waals surface area (Å²) in [5.74, 6) is 0.203. The Hall–Kier alpha value is -1.90. The van der Waals surface area contributed by atoms with E-state index in [0.717, 1.165) is 23.9 Å². The van der Waals surface area contributed by atoms with E-state index < -0.39 is 11.9 Å². The van der Waals surface area contributed by atoms with Gasteiger partial charge in [-0.25, -0.2) is 9.97 Å². The number of aromatic nitrogens is 3. The van der Waals surface area contributed by atoms with Crippen molar-refractivity contribution in [2.24, 2.45) is 0 Å². The minimum absolute atomic E-state index is 0.0140. The maximum atomic E-state index is 13.0. The number of aryl methyl sites for hydroxylation is 2. The highest BCUT2D eigenvalue weighted by molar-refractivity contribution is 7.11. The molecule has 0 aliphatic heterocycles. The fraction of sp³-hybridized carbons (Fsp3) is 0.562. The molecule has 9 heteroatoms. The minimum Gasteiger partial charge on any atom is -0.363 e. The van der Waals surface area contributed by atoms with Crippen LogP contribution >= 0.6 is 11.3 Å². The molecule has 0 atom stereocenters. The molecule has 0 fully saturated rings. The summed E-state index contributed by atoms with van der Waals surface area (Å²) in [5.41, 5.74) is 0.245. The van der Waals surface area contributed by atoms with Gasteiger partial charge < -0.3 is 10.2 Å². The molecule has 2 aromatic heterocycles. The molecule has 3 rings (SSSR count). The molecule has 0 bridgehead atoms. The molecule has 0 saturated heterocycles. The van der Waals surface area contributed by atoms with Crippen molar-refractivity contribution in [2.45, 2.75) is 38.3 Å². The molecule has 5 nitrogen and oxygen atoms in total. The molecule has 25 heavy (non-hydrogen) atoms. The summed E-state index contributed by atoms with van der Waals surface area (Å²) in [6.45, 7) is 0.445. The molecule has 0 amide bonds. The van der Waals surface area contributed by atoms with Crippen LogP contribution in [-0.4, -0.2) is 35.6 Å². The van der Waals surface area contributed by atoms with Gasteiger partial charge in [-0.2, -0.15) is 18.2 Å². The Morgan fingerprint density at radius 1 is 1.16 bits per heavy atom. The average Bonchev–Trinajstić information content (AvgIpc) is 2.96. The number of nitrogens with zero attached hydrogens (tertiary/aromatic N) is 4. The molecular weight excluding hydrogens is 351 g/mol. The van der Waals surface area contributed by atoms with Gasteiger partial charge in [0.1, 0.15) is 5.82 Å². The number of rotatable bonds is 5. The van der Waals surface area contributed by atoms with E-state index in [1.165, 1.54) is 28.3 Å². The van der Waals surface area contributed by atoms with Gasteiger partial charge in [-0.1, -0.05) is 0 Å². The number of thiazole rings is 1. The van der Waals surface area contributed by atoms with Crippen molar-refractivity contribution in [3.8, 4) is 0 Å². The van der Waals surface area contributed by atoms with Crippen molar-refractivity contribution in [3.63, 3.8) is 0 Å². The van der Waals surface area contributed by atoms with Crippen LogP contribution in [0, 0.1) is 0 Å². The van der Waals surface area contributed by atoms with E-state index in [9.17, 15) is 13.2 Å². The lowest BCUT2D eigenvalue weighted by molar-refractivity contribution is -0.141. The Balaban J connectivity index is 1.68. The second-order valence-corrected chi connectivity index (χ2v) is 7.36. The zero-order chi connectivity index (χ0) is 18.0. The van der Waals surface area contributed by atoms with Crippen molar-refractivity contribution in [1.82, 2.24) is 15.0 Å². The molecule has 2 aromatic rings. The molecule has 0 spiro atoms. The van der Waals surface area contributed by atoms with Crippen molar-refractivity contribution in [3.05, 3.63) is 27.3 Å². The quantitative estimate of drug-likeness (QED) is 0.871. The van der Waals surface area contributed by atoms with Crippen LogP contribution in [0.2, 0.25) is 0 Å². The predicted octanol–water partition coefficient (Wildman–Crippen LogP) is 3.55. The molecule has 0 aromatic carbocycles. The highest BCUT2D eigenvalue weighted by Gasteiger charge is 2.34. The van der Waals surface area contributed by atoms with Crippen LogP contribution in [0.3, 0.4) is 0 Å². The summed E-state index contributed by atoms with van der Waals surface area (Å²) in [4.78, 5) is 15.2. The fourth-order valence-electron chi connectivity index (χ4n) is 2.68. The summed E-state index contributed by atoms with van der Waals surface area (Å²) in [5, 5.41) is 3.91. The van der Waals surface area contributed by atoms with Crippen LogP contribution < -0.4 is 10.2 Å². The van der Waals surface area contributed by atoms with Crippen LogP contribution in [0.25, 0.3) is 0 Å². The largest absolute Gasteiger partial charge is 0.433 e. The predicted molar refractivity (Wildman–Crippen MR) is 92.3 cm³/mol. The summed E-state index contributed by atoms with van der Waals surface area (Å²) in [6, 6.07) is 0.944. The van der Waals surface area contributed by atoms with Crippen LogP contribution in [0.4, 0.5) is 24.9 Å². The standard InChI is InChI=1S/C16H20F3N5S/c1-24(2)13-9-12(16(17,18)19)22-15(23-13)20-8-7-14-21-10-5-3-4-6-11(10)25-14/h9H,3-8H2,1-2H3,(H,20,22,23). The number of nitrogens with one attached hydrogen (secondary N) is 1. The number of hydrogen-bond donors (Lipinski definition) is 1. The molecule has 0 saturated carbocycles. The molecule has 1 aliphatic rings. The van der Waals surface area contributed by atoms with Gasteiger partial charge in [0.2, 0.25) is 5.95 Å². The van der Waals surface area contributed by atoms with Gasteiger partial charge in [0.15, 0.2) is 5.69 Å². The van der Waals surface area contributed by atoms with Gasteiger partial charge in [-0.15, -0.1) is 11.3 Å². The van der Waals surface area contributed by atoms with Gasteiger partial charge in [0.05, 0.1) is 10.7 Å².